The molecule has 0 aromatic heterocycles. The highest BCUT2D eigenvalue weighted by molar-refractivity contribution is 6.03. The zero-order valence-corrected chi connectivity index (χ0v) is 20.3. The number of hydrogen-bond donors (Lipinski definition) is 0. The Bertz CT molecular complexity index is 592. The van der Waals surface area contributed by atoms with Crippen molar-refractivity contribution in [3.05, 3.63) is 23.3 Å². The summed E-state index contributed by atoms with van der Waals surface area (Å²) in [6, 6.07) is 0. The molecule has 0 heterocycles. The number of rotatable bonds is 16. The standard InChI is InChI=1S/C27H44O4/c1-5-7-9-11-13-15-19-30-25(28)23-21-17-18-22(27(21,3)4)24(23)26(29)31-20-16-14-12-10-8-6-2/h17-18,21-22H,5-16,19-20H2,1-4H3. The van der Waals surface area contributed by atoms with E-state index >= 15 is 0 Å². The molecule has 0 N–H and O–H groups in total. The number of esters is 2. The van der Waals surface area contributed by atoms with Crippen LogP contribution in [0.3, 0.4) is 0 Å². The molecule has 0 saturated carbocycles. The van der Waals surface area contributed by atoms with Gasteiger partial charge in [0.1, 0.15) is 0 Å². The molecule has 31 heavy (non-hydrogen) atoms. The van der Waals surface area contributed by atoms with E-state index in [1.54, 1.807) is 0 Å². The van der Waals surface area contributed by atoms with Crippen LogP contribution in [0.4, 0.5) is 0 Å². The van der Waals surface area contributed by atoms with Crippen LogP contribution >= 0.6 is 0 Å². The lowest BCUT2D eigenvalue weighted by Gasteiger charge is -2.25. The number of hydrogen-bond acceptors (Lipinski definition) is 4. The molecule has 0 aromatic carbocycles. The highest BCUT2D eigenvalue weighted by atomic mass is 16.5. The third-order valence-electron chi connectivity index (χ3n) is 6.91. The molecule has 0 amide bonds. The lowest BCUT2D eigenvalue weighted by Crippen LogP contribution is -2.23. The second kappa shape index (κ2) is 13.1. The molecule has 2 aliphatic rings. The van der Waals surface area contributed by atoms with Gasteiger partial charge in [0.2, 0.25) is 0 Å². The van der Waals surface area contributed by atoms with Crippen molar-refractivity contribution in [2.75, 3.05) is 13.2 Å². The van der Waals surface area contributed by atoms with Crippen molar-refractivity contribution in [1.82, 2.24) is 0 Å². The highest BCUT2D eigenvalue weighted by Gasteiger charge is 2.54. The van der Waals surface area contributed by atoms with Crippen LogP contribution in [0.1, 0.15) is 105 Å². The van der Waals surface area contributed by atoms with Crippen LogP contribution in [-0.2, 0) is 19.1 Å². The molecule has 2 unspecified atom stereocenters. The number of unbranched alkanes of at least 4 members (excludes halogenated alkanes) is 10. The molecule has 0 fully saturated rings. The van der Waals surface area contributed by atoms with Gasteiger partial charge in [-0.05, 0) is 18.3 Å². The highest BCUT2D eigenvalue weighted by Crippen LogP contribution is 2.56. The molecule has 0 aliphatic heterocycles. The minimum absolute atomic E-state index is 0.0638. The van der Waals surface area contributed by atoms with Gasteiger partial charge in [0.05, 0.1) is 24.4 Å². The van der Waals surface area contributed by atoms with Crippen LogP contribution in [0.5, 0.6) is 0 Å². The second-order valence-corrected chi connectivity index (χ2v) is 9.80. The van der Waals surface area contributed by atoms with Crippen molar-refractivity contribution < 1.29 is 19.1 Å². The smallest absolute Gasteiger partial charge is 0.335 e. The van der Waals surface area contributed by atoms with E-state index in [0.29, 0.717) is 24.4 Å². The molecule has 2 aliphatic carbocycles. The van der Waals surface area contributed by atoms with E-state index in [1.807, 2.05) is 0 Å². The van der Waals surface area contributed by atoms with E-state index in [9.17, 15) is 9.59 Å². The fourth-order valence-corrected chi connectivity index (χ4v) is 4.91. The number of fused-ring (bicyclic) bond motifs is 2. The maximum Gasteiger partial charge on any atom is 0.335 e. The van der Waals surface area contributed by atoms with Crippen LogP contribution in [-0.4, -0.2) is 25.2 Å². The van der Waals surface area contributed by atoms with Gasteiger partial charge in [0, 0.05) is 11.8 Å². The van der Waals surface area contributed by atoms with Crippen molar-refractivity contribution in [2.45, 2.75) is 105 Å². The normalized spacial score (nSPS) is 21.0. The first-order valence-electron chi connectivity index (χ1n) is 12.7. The zero-order chi connectivity index (χ0) is 22.7. The molecule has 0 radical (unpaired) electrons. The summed E-state index contributed by atoms with van der Waals surface area (Å²) in [5, 5.41) is 0. The average Bonchev–Trinajstić information content (AvgIpc) is 3.17. The van der Waals surface area contributed by atoms with E-state index < -0.39 is 0 Å². The number of allylic oxidation sites excluding steroid dienone is 2. The van der Waals surface area contributed by atoms with Crippen LogP contribution in [0.15, 0.2) is 23.3 Å². The van der Waals surface area contributed by atoms with E-state index in [1.165, 1.54) is 51.4 Å². The van der Waals surface area contributed by atoms with E-state index in [4.69, 9.17) is 9.47 Å². The largest absolute Gasteiger partial charge is 0.462 e. The first-order valence-corrected chi connectivity index (χ1v) is 12.7. The Morgan fingerprint density at radius 1 is 0.677 bits per heavy atom. The zero-order valence-electron chi connectivity index (χ0n) is 20.3. The molecule has 176 valence electrons. The lowest BCUT2D eigenvalue weighted by atomic mass is 9.77. The van der Waals surface area contributed by atoms with Gasteiger partial charge < -0.3 is 9.47 Å². The Kier molecular flexibility index (Phi) is 10.8. The van der Waals surface area contributed by atoms with E-state index in [2.05, 4.69) is 39.8 Å². The summed E-state index contributed by atoms with van der Waals surface area (Å²) in [5.41, 5.74) is 0.899. The molecule has 2 rings (SSSR count). The van der Waals surface area contributed by atoms with Crippen LogP contribution in [0.25, 0.3) is 0 Å². The molecule has 0 spiro atoms. The van der Waals surface area contributed by atoms with Gasteiger partial charge >= 0.3 is 11.9 Å². The number of carbonyl (C=O) groups excluding carboxylic acids is 2. The summed E-state index contributed by atoms with van der Waals surface area (Å²) in [4.78, 5) is 25.9. The minimum Gasteiger partial charge on any atom is -0.462 e. The maximum atomic E-state index is 12.9. The average molecular weight is 433 g/mol. The quantitative estimate of drug-likeness (QED) is 0.151. The summed E-state index contributed by atoms with van der Waals surface area (Å²) < 4.78 is 11.2. The first-order chi connectivity index (χ1) is 14.9. The second-order valence-electron chi connectivity index (χ2n) is 9.80. The molecule has 2 atom stereocenters. The van der Waals surface area contributed by atoms with Crippen molar-refractivity contribution in [3.8, 4) is 0 Å². The monoisotopic (exact) mass is 432 g/mol. The SMILES string of the molecule is CCCCCCCCOC(=O)C1=C(C(=O)OCCCCCCCC)C2C=CC1C2(C)C. The summed E-state index contributed by atoms with van der Waals surface area (Å²) >= 11 is 0. The molecular formula is C27H44O4. The maximum absolute atomic E-state index is 12.9. The summed E-state index contributed by atoms with van der Waals surface area (Å²) in [5.74, 6) is -0.785. The van der Waals surface area contributed by atoms with Gasteiger partial charge in [-0.2, -0.15) is 0 Å². The van der Waals surface area contributed by atoms with Gasteiger partial charge in [0.25, 0.3) is 0 Å². The Balaban J connectivity index is 1.87. The first kappa shape index (κ1) is 25.7. The molecule has 4 heteroatoms. The Hall–Kier alpha value is -1.58. The minimum atomic E-state index is -0.329. The van der Waals surface area contributed by atoms with Crippen molar-refractivity contribution in [2.24, 2.45) is 17.3 Å². The molecule has 0 aromatic rings. The Morgan fingerprint density at radius 3 is 1.42 bits per heavy atom. The summed E-state index contributed by atoms with van der Waals surface area (Å²) in [6.07, 6.45) is 17.9. The Morgan fingerprint density at radius 2 is 1.03 bits per heavy atom. The Labute approximate surface area is 189 Å². The third-order valence-corrected chi connectivity index (χ3v) is 6.91. The van der Waals surface area contributed by atoms with Crippen LogP contribution in [0.2, 0.25) is 0 Å². The molecule has 0 saturated heterocycles. The fourth-order valence-electron chi connectivity index (χ4n) is 4.91. The predicted octanol–water partition coefficient (Wildman–Crippen LogP) is 6.93. The number of carbonyl (C=O) groups is 2. The fraction of sp³-hybridized carbons (Fsp3) is 0.778. The lowest BCUT2D eigenvalue weighted by molar-refractivity contribution is -0.142. The van der Waals surface area contributed by atoms with Gasteiger partial charge in [0.15, 0.2) is 0 Å². The van der Waals surface area contributed by atoms with Crippen molar-refractivity contribution >= 4 is 11.9 Å². The number of ether oxygens (including phenoxy) is 2. The third kappa shape index (κ3) is 6.95. The van der Waals surface area contributed by atoms with Gasteiger partial charge in [-0.15, -0.1) is 0 Å². The molecular weight excluding hydrogens is 388 g/mol. The van der Waals surface area contributed by atoms with Crippen molar-refractivity contribution in [1.29, 1.82) is 0 Å². The van der Waals surface area contributed by atoms with Gasteiger partial charge in [-0.3, -0.25) is 0 Å². The van der Waals surface area contributed by atoms with E-state index in [0.717, 1.165) is 25.7 Å². The summed E-state index contributed by atoms with van der Waals surface area (Å²) in [6.45, 7) is 9.51. The molecule has 4 nitrogen and oxygen atoms in total. The summed E-state index contributed by atoms with van der Waals surface area (Å²) in [7, 11) is 0. The van der Waals surface area contributed by atoms with Crippen molar-refractivity contribution in [3.63, 3.8) is 0 Å². The van der Waals surface area contributed by atoms with Crippen LogP contribution < -0.4 is 0 Å². The van der Waals surface area contributed by atoms with Gasteiger partial charge in [-0.25, -0.2) is 9.59 Å². The van der Waals surface area contributed by atoms with E-state index in [-0.39, 0.29) is 29.2 Å². The van der Waals surface area contributed by atoms with Crippen LogP contribution in [0, 0.1) is 17.3 Å². The molecule has 2 bridgehead atoms. The topological polar surface area (TPSA) is 52.6 Å². The van der Waals surface area contributed by atoms with Gasteiger partial charge in [-0.1, -0.05) is 104 Å². The predicted molar refractivity (Wildman–Crippen MR) is 126 cm³/mol.